The smallest absolute Gasteiger partial charge is 0.131 e. The topological polar surface area (TPSA) is 45.1 Å². The van der Waals surface area contributed by atoms with Gasteiger partial charge in [0, 0.05) is 11.1 Å². The molecule has 20 heavy (non-hydrogen) atoms. The van der Waals surface area contributed by atoms with Crippen LogP contribution in [0.3, 0.4) is 0 Å². The molecule has 1 heterocycles. The number of aryl methyl sites for hydroxylation is 1. The summed E-state index contributed by atoms with van der Waals surface area (Å²) < 4.78 is 0. The standard InChI is InChI=1S/C17H16N2O/c1-2-12-6-8-13(9-7-12)18-17-11-10-14-15(19-17)4-3-5-16(14)20/h3-11,20H,2H2,1H3,(H,18,19). The molecule has 0 amide bonds. The van der Waals surface area contributed by atoms with Gasteiger partial charge in [0.2, 0.25) is 0 Å². The second-order valence-electron chi connectivity index (χ2n) is 4.72. The average Bonchev–Trinajstić information content (AvgIpc) is 2.48. The second kappa shape index (κ2) is 5.21. The van der Waals surface area contributed by atoms with E-state index in [0.717, 1.165) is 28.8 Å². The largest absolute Gasteiger partial charge is 0.507 e. The van der Waals surface area contributed by atoms with Gasteiger partial charge in [0.05, 0.1) is 5.52 Å². The van der Waals surface area contributed by atoms with Crippen LogP contribution >= 0.6 is 0 Å². The van der Waals surface area contributed by atoms with Gasteiger partial charge in [0.25, 0.3) is 0 Å². The van der Waals surface area contributed by atoms with Gasteiger partial charge in [-0.2, -0.15) is 0 Å². The second-order valence-corrected chi connectivity index (χ2v) is 4.72. The number of hydrogen-bond acceptors (Lipinski definition) is 3. The van der Waals surface area contributed by atoms with Crippen LogP contribution in [-0.4, -0.2) is 10.1 Å². The Balaban J connectivity index is 1.90. The van der Waals surface area contributed by atoms with E-state index in [1.165, 1.54) is 5.56 Å². The summed E-state index contributed by atoms with van der Waals surface area (Å²) >= 11 is 0. The predicted molar refractivity (Wildman–Crippen MR) is 82.5 cm³/mol. The number of rotatable bonds is 3. The van der Waals surface area contributed by atoms with Gasteiger partial charge >= 0.3 is 0 Å². The lowest BCUT2D eigenvalue weighted by Crippen LogP contribution is -1.94. The third kappa shape index (κ3) is 2.43. The summed E-state index contributed by atoms with van der Waals surface area (Å²) in [5.41, 5.74) is 3.10. The highest BCUT2D eigenvalue weighted by Crippen LogP contribution is 2.25. The lowest BCUT2D eigenvalue weighted by atomic mass is 10.1. The summed E-state index contributed by atoms with van der Waals surface area (Å²) in [5.74, 6) is 1.03. The van der Waals surface area contributed by atoms with Crippen molar-refractivity contribution in [2.24, 2.45) is 0 Å². The summed E-state index contributed by atoms with van der Waals surface area (Å²) in [6.45, 7) is 2.14. The summed E-state index contributed by atoms with van der Waals surface area (Å²) in [6, 6.07) is 17.4. The molecule has 3 nitrogen and oxygen atoms in total. The number of hydrogen-bond donors (Lipinski definition) is 2. The molecular weight excluding hydrogens is 248 g/mol. The van der Waals surface area contributed by atoms with E-state index in [0.29, 0.717) is 0 Å². The van der Waals surface area contributed by atoms with Gasteiger partial charge in [-0.1, -0.05) is 25.1 Å². The van der Waals surface area contributed by atoms with Crippen molar-refractivity contribution in [1.29, 1.82) is 0 Å². The van der Waals surface area contributed by atoms with E-state index in [9.17, 15) is 5.11 Å². The zero-order valence-electron chi connectivity index (χ0n) is 11.3. The lowest BCUT2D eigenvalue weighted by molar-refractivity contribution is 0.481. The molecule has 0 fully saturated rings. The molecule has 3 rings (SSSR count). The van der Waals surface area contributed by atoms with Crippen molar-refractivity contribution in [3.05, 3.63) is 60.2 Å². The summed E-state index contributed by atoms with van der Waals surface area (Å²) in [5, 5.41) is 13.8. The quantitative estimate of drug-likeness (QED) is 0.743. The molecule has 0 spiro atoms. The number of pyridine rings is 1. The number of nitrogens with zero attached hydrogens (tertiary/aromatic N) is 1. The van der Waals surface area contributed by atoms with Gasteiger partial charge in [-0.05, 0) is 48.4 Å². The molecule has 3 aromatic rings. The maximum Gasteiger partial charge on any atom is 0.131 e. The number of aromatic hydroxyl groups is 1. The molecule has 0 saturated heterocycles. The molecular formula is C17H16N2O. The first-order valence-electron chi connectivity index (χ1n) is 6.71. The van der Waals surface area contributed by atoms with Crippen LogP contribution in [0.25, 0.3) is 10.9 Å². The van der Waals surface area contributed by atoms with Crippen LogP contribution in [0.2, 0.25) is 0 Å². The fourth-order valence-corrected chi connectivity index (χ4v) is 2.18. The van der Waals surface area contributed by atoms with Gasteiger partial charge in [-0.3, -0.25) is 0 Å². The number of nitrogens with one attached hydrogen (secondary N) is 1. The van der Waals surface area contributed by atoms with E-state index < -0.39 is 0 Å². The molecule has 3 heteroatoms. The molecule has 1 aromatic heterocycles. The van der Waals surface area contributed by atoms with Crippen LogP contribution in [0.15, 0.2) is 54.6 Å². The average molecular weight is 264 g/mol. The molecule has 100 valence electrons. The fraction of sp³-hybridized carbons (Fsp3) is 0.118. The van der Waals surface area contributed by atoms with Crippen molar-refractivity contribution in [2.75, 3.05) is 5.32 Å². The van der Waals surface area contributed by atoms with Crippen molar-refractivity contribution in [3.63, 3.8) is 0 Å². The Morgan fingerprint density at radius 2 is 1.80 bits per heavy atom. The number of phenols is 1. The van der Waals surface area contributed by atoms with Crippen LogP contribution < -0.4 is 5.32 Å². The van der Waals surface area contributed by atoms with Crippen LogP contribution in [0.4, 0.5) is 11.5 Å². The Labute approximate surface area is 117 Å². The fourth-order valence-electron chi connectivity index (χ4n) is 2.18. The van der Waals surface area contributed by atoms with Crippen molar-refractivity contribution >= 4 is 22.4 Å². The Morgan fingerprint density at radius 3 is 2.55 bits per heavy atom. The highest BCUT2D eigenvalue weighted by atomic mass is 16.3. The first kappa shape index (κ1) is 12.5. The number of benzene rings is 2. The van der Waals surface area contributed by atoms with E-state index in [1.807, 2.05) is 30.3 Å². The molecule has 0 atom stereocenters. The third-order valence-corrected chi connectivity index (χ3v) is 3.34. The molecule has 0 saturated carbocycles. The van der Waals surface area contributed by atoms with Crippen LogP contribution in [-0.2, 0) is 6.42 Å². The minimum Gasteiger partial charge on any atom is -0.507 e. The molecule has 0 radical (unpaired) electrons. The molecule has 0 aliphatic rings. The number of anilines is 2. The van der Waals surface area contributed by atoms with Gasteiger partial charge in [-0.25, -0.2) is 4.98 Å². The van der Waals surface area contributed by atoms with E-state index in [1.54, 1.807) is 12.1 Å². The zero-order chi connectivity index (χ0) is 13.9. The van der Waals surface area contributed by atoms with E-state index in [2.05, 4.69) is 29.4 Å². The van der Waals surface area contributed by atoms with Gasteiger partial charge < -0.3 is 10.4 Å². The first-order chi connectivity index (χ1) is 9.76. The first-order valence-corrected chi connectivity index (χ1v) is 6.71. The highest BCUT2D eigenvalue weighted by Gasteiger charge is 2.02. The van der Waals surface area contributed by atoms with Crippen LogP contribution in [0.5, 0.6) is 5.75 Å². The van der Waals surface area contributed by atoms with E-state index in [-0.39, 0.29) is 5.75 Å². The Morgan fingerprint density at radius 1 is 1.00 bits per heavy atom. The summed E-state index contributed by atoms with van der Waals surface area (Å²) in [7, 11) is 0. The zero-order valence-corrected chi connectivity index (χ0v) is 11.3. The summed E-state index contributed by atoms with van der Waals surface area (Å²) in [6.07, 6.45) is 1.04. The minimum absolute atomic E-state index is 0.258. The Kier molecular flexibility index (Phi) is 3.25. The molecule has 0 aliphatic heterocycles. The number of fused-ring (bicyclic) bond motifs is 1. The maximum absolute atomic E-state index is 9.75. The molecule has 0 unspecified atom stereocenters. The molecule has 2 N–H and O–H groups in total. The third-order valence-electron chi connectivity index (χ3n) is 3.34. The molecule has 2 aromatic carbocycles. The normalized spacial score (nSPS) is 10.7. The maximum atomic E-state index is 9.75. The van der Waals surface area contributed by atoms with Gasteiger partial charge in [0.1, 0.15) is 11.6 Å². The van der Waals surface area contributed by atoms with Crippen LogP contribution in [0.1, 0.15) is 12.5 Å². The predicted octanol–water partition coefficient (Wildman–Crippen LogP) is 4.25. The van der Waals surface area contributed by atoms with Crippen LogP contribution in [0, 0.1) is 0 Å². The number of phenolic OH excluding ortho intramolecular Hbond substituents is 1. The highest BCUT2D eigenvalue weighted by molar-refractivity contribution is 5.86. The van der Waals surface area contributed by atoms with E-state index >= 15 is 0 Å². The van der Waals surface area contributed by atoms with Crippen molar-refractivity contribution in [1.82, 2.24) is 4.98 Å². The van der Waals surface area contributed by atoms with E-state index in [4.69, 9.17) is 0 Å². The Bertz CT molecular complexity index is 736. The monoisotopic (exact) mass is 264 g/mol. The summed E-state index contributed by atoms with van der Waals surface area (Å²) in [4.78, 5) is 4.50. The lowest BCUT2D eigenvalue weighted by Gasteiger charge is -2.08. The van der Waals surface area contributed by atoms with Crippen molar-refractivity contribution in [2.45, 2.75) is 13.3 Å². The SMILES string of the molecule is CCc1ccc(Nc2ccc3c(O)cccc3n2)cc1. The number of aromatic nitrogens is 1. The van der Waals surface area contributed by atoms with Gasteiger partial charge in [-0.15, -0.1) is 0 Å². The minimum atomic E-state index is 0.258. The molecule has 0 aliphatic carbocycles. The molecule has 0 bridgehead atoms. The van der Waals surface area contributed by atoms with Crippen molar-refractivity contribution < 1.29 is 5.11 Å². The van der Waals surface area contributed by atoms with Gasteiger partial charge in [0.15, 0.2) is 0 Å². The van der Waals surface area contributed by atoms with Crippen molar-refractivity contribution in [3.8, 4) is 5.75 Å². The Hall–Kier alpha value is -2.55.